The highest BCUT2D eigenvalue weighted by Gasteiger charge is 2.09. The average Bonchev–Trinajstić information content (AvgIpc) is 3.03. The van der Waals surface area contributed by atoms with E-state index in [-0.39, 0.29) is 5.91 Å². The molecule has 0 radical (unpaired) electrons. The Kier molecular flexibility index (Phi) is 5.29. The van der Waals surface area contributed by atoms with Crippen LogP contribution in [0, 0.1) is 6.92 Å². The van der Waals surface area contributed by atoms with Gasteiger partial charge >= 0.3 is 0 Å². The second-order valence-electron chi connectivity index (χ2n) is 6.07. The van der Waals surface area contributed by atoms with E-state index in [1.807, 2.05) is 30.3 Å². The highest BCUT2D eigenvalue weighted by atomic mass is 35.5. The Labute approximate surface area is 170 Å². The van der Waals surface area contributed by atoms with E-state index >= 15 is 0 Å². The van der Waals surface area contributed by atoms with Gasteiger partial charge in [0.1, 0.15) is 0 Å². The predicted molar refractivity (Wildman–Crippen MR) is 115 cm³/mol. The lowest BCUT2D eigenvalue weighted by Gasteiger charge is -2.06. The molecule has 2 heterocycles. The summed E-state index contributed by atoms with van der Waals surface area (Å²) in [5.41, 5.74) is 3.02. The molecule has 136 valence electrons. The lowest BCUT2D eigenvalue weighted by Crippen LogP contribution is -2.11. The van der Waals surface area contributed by atoms with Gasteiger partial charge in [-0.1, -0.05) is 41.1 Å². The maximum atomic E-state index is 12.2. The van der Waals surface area contributed by atoms with Crippen molar-refractivity contribution in [2.45, 2.75) is 18.4 Å². The van der Waals surface area contributed by atoms with E-state index in [1.165, 1.54) is 16.9 Å². The van der Waals surface area contributed by atoms with Crippen LogP contribution in [-0.2, 0) is 4.79 Å². The third-order valence-corrected chi connectivity index (χ3v) is 6.16. The van der Waals surface area contributed by atoms with Crippen molar-refractivity contribution in [3.05, 3.63) is 59.1 Å². The summed E-state index contributed by atoms with van der Waals surface area (Å²) in [5, 5.41) is 6.24. The molecule has 4 rings (SSSR count). The summed E-state index contributed by atoms with van der Waals surface area (Å²) in [6, 6.07) is 15.7. The highest BCUT2D eigenvalue weighted by molar-refractivity contribution is 7.99. The maximum absolute atomic E-state index is 12.2. The molecule has 0 spiro atoms. The molecule has 0 atom stereocenters. The first-order valence-corrected chi connectivity index (χ1v) is 10.6. The van der Waals surface area contributed by atoms with E-state index in [1.54, 1.807) is 17.8 Å². The maximum Gasteiger partial charge on any atom is 0.226 e. The van der Waals surface area contributed by atoms with Crippen LogP contribution in [0.2, 0.25) is 5.02 Å². The predicted octanol–water partition coefficient (Wildman–Crippen LogP) is 5.93. The molecule has 0 fully saturated rings. The molecular formula is C20H16ClN3OS2. The molecule has 0 saturated heterocycles. The van der Waals surface area contributed by atoms with Crippen molar-refractivity contribution in [1.82, 2.24) is 9.97 Å². The Morgan fingerprint density at radius 1 is 1.15 bits per heavy atom. The molecule has 1 amide bonds. The number of carbonyl (C=O) groups is 1. The number of thiazole rings is 1. The number of para-hydroxylation sites is 1. The van der Waals surface area contributed by atoms with Gasteiger partial charge in [-0.15, -0.1) is 11.8 Å². The van der Waals surface area contributed by atoms with Crippen LogP contribution in [0.25, 0.3) is 21.1 Å². The summed E-state index contributed by atoms with van der Waals surface area (Å²) in [6.07, 6.45) is 0.398. The smallest absolute Gasteiger partial charge is 0.226 e. The topological polar surface area (TPSA) is 54.9 Å². The molecule has 1 N–H and O–H groups in total. The number of nitrogens with one attached hydrogen (secondary N) is 1. The summed E-state index contributed by atoms with van der Waals surface area (Å²) >= 11 is 9.01. The minimum absolute atomic E-state index is 0.0508. The summed E-state index contributed by atoms with van der Waals surface area (Å²) in [7, 11) is 0. The number of fused-ring (bicyclic) bond motifs is 2. The molecule has 0 bridgehead atoms. The molecule has 0 aliphatic carbocycles. The van der Waals surface area contributed by atoms with Gasteiger partial charge in [-0.3, -0.25) is 4.79 Å². The van der Waals surface area contributed by atoms with Crippen molar-refractivity contribution < 1.29 is 4.79 Å². The fourth-order valence-corrected chi connectivity index (χ4v) is 4.85. The Bertz CT molecular complexity index is 1140. The van der Waals surface area contributed by atoms with Gasteiger partial charge in [-0.05, 0) is 42.8 Å². The lowest BCUT2D eigenvalue weighted by molar-refractivity contribution is -0.115. The van der Waals surface area contributed by atoms with E-state index in [9.17, 15) is 4.79 Å². The van der Waals surface area contributed by atoms with E-state index in [2.05, 4.69) is 34.3 Å². The number of thioether (sulfide) groups is 1. The van der Waals surface area contributed by atoms with Crippen molar-refractivity contribution >= 4 is 66.9 Å². The summed E-state index contributed by atoms with van der Waals surface area (Å²) in [6.45, 7) is 2.08. The number of aryl methyl sites for hydroxylation is 1. The summed E-state index contributed by atoms with van der Waals surface area (Å²) in [5.74, 6) is 0.609. The first kappa shape index (κ1) is 18.2. The molecule has 0 saturated carbocycles. The highest BCUT2D eigenvalue weighted by Crippen LogP contribution is 2.28. The minimum Gasteiger partial charge on any atom is -0.302 e. The van der Waals surface area contributed by atoms with Crippen LogP contribution in [0.1, 0.15) is 12.0 Å². The van der Waals surface area contributed by atoms with Crippen molar-refractivity contribution in [3.63, 3.8) is 0 Å². The Morgan fingerprint density at radius 3 is 2.89 bits per heavy atom. The van der Waals surface area contributed by atoms with Crippen LogP contribution < -0.4 is 5.32 Å². The van der Waals surface area contributed by atoms with Gasteiger partial charge in [0.05, 0.1) is 20.8 Å². The van der Waals surface area contributed by atoms with Crippen molar-refractivity contribution in [3.8, 4) is 0 Å². The van der Waals surface area contributed by atoms with Crippen molar-refractivity contribution in [2.24, 2.45) is 0 Å². The molecule has 0 aliphatic rings. The number of rotatable bonds is 5. The number of hydrogen-bond donors (Lipinski definition) is 1. The number of nitrogens with zero attached hydrogens (tertiary/aromatic N) is 2. The monoisotopic (exact) mass is 413 g/mol. The average molecular weight is 414 g/mol. The Morgan fingerprint density at radius 2 is 2.00 bits per heavy atom. The number of benzene rings is 2. The molecule has 0 unspecified atom stereocenters. The fraction of sp³-hybridized carbons (Fsp3) is 0.150. The molecule has 4 aromatic rings. The number of halogens is 1. The van der Waals surface area contributed by atoms with Gasteiger partial charge in [-0.2, -0.15) is 0 Å². The Balaban J connectivity index is 1.36. The largest absolute Gasteiger partial charge is 0.302 e. The van der Waals surface area contributed by atoms with Gasteiger partial charge in [0.25, 0.3) is 0 Å². The number of aromatic nitrogens is 2. The lowest BCUT2D eigenvalue weighted by atomic mass is 10.1. The van der Waals surface area contributed by atoms with E-state index in [0.717, 1.165) is 26.1 Å². The molecule has 2 aromatic carbocycles. The minimum atomic E-state index is -0.0508. The normalized spacial score (nSPS) is 11.2. The van der Waals surface area contributed by atoms with Crippen LogP contribution in [0.4, 0.5) is 5.13 Å². The third-order valence-electron chi connectivity index (χ3n) is 4.08. The van der Waals surface area contributed by atoms with Gasteiger partial charge in [0, 0.05) is 22.6 Å². The number of anilines is 1. The third kappa shape index (κ3) is 4.24. The van der Waals surface area contributed by atoms with Crippen LogP contribution in [0.5, 0.6) is 0 Å². The van der Waals surface area contributed by atoms with Gasteiger partial charge in [0.15, 0.2) is 5.13 Å². The Hall–Kier alpha value is -2.15. The van der Waals surface area contributed by atoms with E-state index in [0.29, 0.717) is 22.3 Å². The molecule has 4 nitrogen and oxygen atoms in total. The SMILES string of the molecule is Cc1cc(SCCC(=O)Nc2nc3ccc(Cl)cc3s2)nc2ccccc12. The van der Waals surface area contributed by atoms with Gasteiger partial charge < -0.3 is 5.32 Å². The molecule has 2 aromatic heterocycles. The summed E-state index contributed by atoms with van der Waals surface area (Å²) in [4.78, 5) is 21.3. The zero-order valence-corrected chi connectivity index (χ0v) is 16.9. The molecular weight excluding hydrogens is 398 g/mol. The van der Waals surface area contributed by atoms with E-state index < -0.39 is 0 Å². The van der Waals surface area contributed by atoms with Crippen LogP contribution >= 0.6 is 34.7 Å². The van der Waals surface area contributed by atoms with Gasteiger partial charge in [0.2, 0.25) is 5.91 Å². The number of hydrogen-bond acceptors (Lipinski definition) is 5. The van der Waals surface area contributed by atoms with Crippen LogP contribution in [-0.4, -0.2) is 21.6 Å². The van der Waals surface area contributed by atoms with Crippen LogP contribution in [0.3, 0.4) is 0 Å². The number of pyridine rings is 1. The zero-order chi connectivity index (χ0) is 18.8. The second kappa shape index (κ2) is 7.84. The standard InChI is InChI=1S/C20H16ClN3OS2/c1-12-10-19(22-15-5-3-2-4-14(12)15)26-9-8-18(25)24-20-23-16-7-6-13(21)11-17(16)27-20/h2-7,10-11H,8-9H2,1H3,(H,23,24,25). The molecule has 7 heteroatoms. The van der Waals surface area contributed by atoms with Crippen molar-refractivity contribution in [2.75, 3.05) is 11.1 Å². The number of amides is 1. The fourth-order valence-electron chi connectivity index (χ4n) is 2.77. The van der Waals surface area contributed by atoms with Crippen molar-refractivity contribution in [1.29, 1.82) is 0 Å². The van der Waals surface area contributed by atoms with Crippen LogP contribution in [0.15, 0.2) is 53.6 Å². The zero-order valence-electron chi connectivity index (χ0n) is 14.5. The van der Waals surface area contributed by atoms with E-state index in [4.69, 9.17) is 11.6 Å². The first-order valence-electron chi connectivity index (χ1n) is 8.43. The summed E-state index contributed by atoms with van der Waals surface area (Å²) < 4.78 is 0.961. The first-order chi connectivity index (χ1) is 13.1. The molecule has 0 aliphatic heterocycles. The number of carbonyl (C=O) groups excluding carboxylic acids is 1. The quantitative estimate of drug-likeness (QED) is 0.412. The van der Waals surface area contributed by atoms with Gasteiger partial charge in [-0.25, -0.2) is 9.97 Å². The second-order valence-corrected chi connectivity index (χ2v) is 8.65. The molecule has 27 heavy (non-hydrogen) atoms.